The summed E-state index contributed by atoms with van der Waals surface area (Å²) < 4.78 is 1.22. The quantitative estimate of drug-likeness (QED) is 0.514. The molecule has 0 spiro atoms. The number of carbonyl (C=O) groups excluding carboxylic acids is 1. The van der Waals surface area contributed by atoms with Gasteiger partial charge in [0, 0.05) is 13.1 Å². The minimum Gasteiger partial charge on any atom is -0.310 e. The molecule has 0 fully saturated rings. The van der Waals surface area contributed by atoms with Crippen molar-refractivity contribution < 1.29 is 4.79 Å². The zero-order chi connectivity index (χ0) is 14.7. The van der Waals surface area contributed by atoms with E-state index in [9.17, 15) is 9.59 Å². The Kier molecular flexibility index (Phi) is 3.69. The molecule has 2 aromatic heterocycles. The van der Waals surface area contributed by atoms with Crippen LogP contribution in [0.4, 0.5) is 0 Å². The molecule has 0 aliphatic carbocycles. The van der Waals surface area contributed by atoms with Crippen molar-refractivity contribution in [3.63, 3.8) is 0 Å². The Labute approximate surface area is 114 Å². The van der Waals surface area contributed by atoms with Gasteiger partial charge in [0.2, 0.25) is 0 Å². The second-order valence-corrected chi connectivity index (χ2v) is 3.89. The molecule has 7 heteroatoms. The van der Waals surface area contributed by atoms with E-state index in [0.717, 1.165) is 0 Å². The van der Waals surface area contributed by atoms with Crippen LogP contribution in [-0.2, 0) is 0 Å². The van der Waals surface area contributed by atoms with Crippen molar-refractivity contribution >= 4 is 23.2 Å². The standard InChI is InChI=1S/C13H13N5O2/c1-4-6-9(14-5-2)10-11-13(20)15-7-16-18(11)12(17-10)8(3)19/h4-7H,1H2,2-3H3,(H,15,16,20)/b9-6-,14-5?. The third-order valence-electron chi connectivity index (χ3n) is 2.54. The van der Waals surface area contributed by atoms with Crippen LogP contribution in [0.15, 0.2) is 34.8 Å². The van der Waals surface area contributed by atoms with Crippen LogP contribution < -0.4 is 5.56 Å². The lowest BCUT2D eigenvalue weighted by Gasteiger charge is -1.96. The first-order valence-corrected chi connectivity index (χ1v) is 5.89. The fourth-order valence-electron chi connectivity index (χ4n) is 1.78. The fraction of sp³-hybridized carbons (Fsp3) is 0.154. The van der Waals surface area contributed by atoms with E-state index in [4.69, 9.17) is 0 Å². The van der Waals surface area contributed by atoms with Crippen LogP contribution in [0.25, 0.3) is 11.2 Å². The van der Waals surface area contributed by atoms with E-state index in [-0.39, 0.29) is 17.1 Å². The zero-order valence-corrected chi connectivity index (χ0v) is 11.1. The normalized spacial score (nSPS) is 12.2. The van der Waals surface area contributed by atoms with Gasteiger partial charge in [0.25, 0.3) is 5.56 Å². The molecule has 0 aliphatic heterocycles. The van der Waals surface area contributed by atoms with Gasteiger partial charge in [0.15, 0.2) is 17.1 Å². The van der Waals surface area contributed by atoms with Crippen LogP contribution in [0.1, 0.15) is 30.2 Å². The fourth-order valence-corrected chi connectivity index (χ4v) is 1.78. The van der Waals surface area contributed by atoms with Crippen molar-refractivity contribution in [1.82, 2.24) is 19.6 Å². The summed E-state index contributed by atoms with van der Waals surface area (Å²) in [7, 11) is 0. The van der Waals surface area contributed by atoms with Crippen LogP contribution >= 0.6 is 0 Å². The maximum absolute atomic E-state index is 12.0. The van der Waals surface area contributed by atoms with Gasteiger partial charge >= 0.3 is 0 Å². The van der Waals surface area contributed by atoms with E-state index in [0.29, 0.717) is 11.4 Å². The third-order valence-corrected chi connectivity index (χ3v) is 2.54. The van der Waals surface area contributed by atoms with Crippen molar-refractivity contribution in [2.75, 3.05) is 0 Å². The van der Waals surface area contributed by atoms with Gasteiger partial charge in [-0.15, -0.1) is 0 Å². The SMILES string of the molecule is C=C/C=C(\N=CC)c1nc(C(C)=O)n2nc[nH]c(=O)c12. The maximum Gasteiger partial charge on any atom is 0.277 e. The average Bonchev–Trinajstić information content (AvgIpc) is 2.79. The third kappa shape index (κ3) is 2.20. The van der Waals surface area contributed by atoms with Gasteiger partial charge < -0.3 is 4.98 Å². The number of allylic oxidation sites excluding steroid dienone is 2. The van der Waals surface area contributed by atoms with Crippen LogP contribution in [-0.4, -0.2) is 31.6 Å². The number of H-pyrrole nitrogens is 1. The molecule has 0 aliphatic rings. The van der Waals surface area contributed by atoms with E-state index < -0.39 is 5.56 Å². The summed E-state index contributed by atoms with van der Waals surface area (Å²) in [5.41, 5.74) is 0.515. The van der Waals surface area contributed by atoms with Crippen LogP contribution in [0.3, 0.4) is 0 Å². The lowest BCUT2D eigenvalue weighted by molar-refractivity contribution is 0.100. The minimum absolute atomic E-state index is 0.0855. The highest BCUT2D eigenvalue weighted by Gasteiger charge is 2.19. The average molecular weight is 271 g/mol. The summed E-state index contributed by atoms with van der Waals surface area (Å²) in [6, 6.07) is 0. The maximum atomic E-state index is 12.0. The number of Topliss-reactive ketones (excluding diaryl/α,β-unsaturated/α-hetero) is 1. The van der Waals surface area contributed by atoms with Crippen molar-refractivity contribution in [3.05, 3.63) is 46.9 Å². The van der Waals surface area contributed by atoms with E-state index >= 15 is 0 Å². The number of imidazole rings is 1. The van der Waals surface area contributed by atoms with Gasteiger partial charge in [-0.3, -0.25) is 14.6 Å². The first-order valence-electron chi connectivity index (χ1n) is 5.89. The van der Waals surface area contributed by atoms with E-state index in [2.05, 4.69) is 26.6 Å². The second-order valence-electron chi connectivity index (χ2n) is 3.89. The molecule has 2 heterocycles. The van der Waals surface area contributed by atoms with Gasteiger partial charge in [-0.2, -0.15) is 5.10 Å². The predicted octanol–water partition coefficient (Wildman–Crippen LogP) is 1.24. The number of rotatable bonds is 4. The summed E-state index contributed by atoms with van der Waals surface area (Å²) >= 11 is 0. The van der Waals surface area contributed by atoms with Crippen LogP contribution in [0, 0.1) is 0 Å². The van der Waals surface area contributed by atoms with Crippen LogP contribution in [0.2, 0.25) is 0 Å². The molecule has 102 valence electrons. The first kappa shape index (κ1) is 13.6. The van der Waals surface area contributed by atoms with Gasteiger partial charge in [0.05, 0.1) is 5.70 Å². The molecule has 2 rings (SSSR count). The van der Waals surface area contributed by atoms with Crippen molar-refractivity contribution in [2.24, 2.45) is 4.99 Å². The Bertz CT molecular complexity index is 795. The Balaban J connectivity index is 2.89. The summed E-state index contributed by atoms with van der Waals surface area (Å²) in [4.78, 5) is 34.4. The molecule has 20 heavy (non-hydrogen) atoms. The number of hydrogen-bond acceptors (Lipinski definition) is 5. The zero-order valence-electron chi connectivity index (χ0n) is 11.1. The summed E-state index contributed by atoms with van der Waals surface area (Å²) in [5.74, 6) is -0.204. The number of ketones is 1. The topological polar surface area (TPSA) is 92.5 Å². The van der Waals surface area contributed by atoms with Gasteiger partial charge in [-0.25, -0.2) is 9.50 Å². The molecule has 0 saturated carbocycles. The summed E-state index contributed by atoms with van der Waals surface area (Å²) in [6.07, 6.45) is 5.93. The molecule has 2 aromatic rings. The Morgan fingerprint density at radius 2 is 2.30 bits per heavy atom. The number of aliphatic imine (C=N–C) groups is 1. The number of carbonyl (C=O) groups is 1. The summed E-state index contributed by atoms with van der Waals surface area (Å²) in [5, 5.41) is 3.96. The number of hydrogen-bond donors (Lipinski definition) is 1. The largest absolute Gasteiger partial charge is 0.310 e. The van der Waals surface area contributed by atoms with E-state index in [1.165, 1.54) is 23.8 Å². The number of aromatic nitrogens is 4. The molecule has 0 radical (unpaired) electrons. The Hall–Kier alpha value is -2.83. The molecule has 7 nitrogen and oxygen atoms in total. The van der Waals surface area contributed by atoms with Crippen molar-refractivity contribution in [1.29, 1.82) is 0 Å². The molecule has 0 saturated heterocycles. The molecule has 0 aromatic carbocycles. The lowest BCUT2D eigenvalue weighted by Crippen LogP contribution is -2.13. The first-order chi connectivity index (χ1) is 9.60. The molecule has 1 N–H and O–H groups in total. The molecule has 0 unspecified atom stereocenters. The van der Waals surface area contributed by atoms with Crippen molar-refractivity contribution in [2.45, 2.75) is 13.8 Å². The molecular formula is C13H13N5O2. The van der Waals surface area contributed by atoms with E-state index in [1.54, 1.807) is 19.2 Å². The predicted molar refractivity (Wildman–Crippen MR) is 76.0 cm³/mol. The highest BCUT2D eigenvalue weighted by atomic mass is 16.1. The van der Waals surface area contributed by atoms with Crippen LogP contribution in [0.5, 0.6) is 0 Å². The highest BCUT2D eigenvalue weighted by Crippen LogP contribution is 2.19. The van der Waals surface area contributed by atoms with Gasteiger partial charge in [-0.05, 0) is 13.0 Å². The smallest absolute Gasteiger partial charge is 0.277 e. The highest BCUT2D eigenvalue weighted by molar-refractivity contribution is 5.93. The lowest BCUT2D eigenvalue weighted by atomic mass is 10.2. The van der Waals surface area contributed by atoms with Crippen molar-refractivity contribution in [3.8, 4) is 0 Å². The number of aromatic amines is 1. The molecule has 0 atom stereocenters. The Morgan fingerprint density at radius 3 is 2.90 bits per heavy atom. The molecule has 0 bridgehead atoms. The molecule has 0 amide bonds. The monoisotopic (exact) mass is 271 g/mol. The number of fused-ring (bicyclic) bond motifs is 1. The summed E-state index contributed by atoms with van der Waals surface area (Å²) in [6.45, 7) is 6.70. The van der Waals surface area contributed by atoms with Gasteiger partial charge in [-0.1, -0.05) is 12.7 Å². The number of nitrogens with one attached hydrogen (secondary N) is 1. The van der Waals surface area contributed by atoms with Gasteiger partial charge in [0.1, 0.15) is 12.0 Å². The number of nitrogens with zero attached hydrogens (tertiary/aromatic N) is 4. The second kappa shape index (κ2) is 5.43. The van der Waals surface area contributed by atoms with E-state index in [1.807, 2.05) is 0 Å². The Morgan fingerprint density at radius 1 is 1.55 bits per heavy atom. The molecular weight excluding hydrogens is 258 g/mol. The minimum atomic E-state index is -0.392.